The molecule has 7 heteroatoms. The smallest absolute Gasteiger partial charge is 0.206 e. The molecule has 0 saturated heterocycles. The highest BCUT2D eigenvalue weighted by Crippen LogP contribution is 2.22. The van der Waals surface area contributed by atoms with Crippen LogP contribution in [-0.4, -0.2) is 16.7 Å². The zero-order valence-corrected chi connectivity index (χ0v) is 14.4. The first-order valence-electron chi connectivity index (χ1n) is 6.30. The van der Waals surface area contributed by atoms with Gasteiger partial charge in [0.1, 0.15) is 0 Å². The van der Waals surface area contributed by atoms with Crippen LogP contribution in [0.1, 0.15) is 12.0 Å². The molecule has 1 heterocycles. The summed E-state index contributed by atoms with van der Waals surface area (Å²) in [5, 5.41) is 10.8. The van der Waals surface area contributed by atoms with Crippen LogP contribution in [0.25, 0.3) is 5.69 Å². The first-order valence-corrected chi connectivity index (χ1v) is 7.89. The summed E-state index contributed by atoms with van der Waals surface area (Å²) in [6.45, 7) is 0. The van der Waals surface area contributed by atoms with E-state index in [0.717, 1.165) is 27.6 Å². The third-order valence-corrected chi connectivity index (χ3v) is 3.91. The minimum absolute atomic E-state index is 0.157. The summed E-state index contributed by atoms with van der Waals surface area (Å²) < 4.78 is 4.16. The van der Waals surface area contributed by atoms with Crippen molar-refractivity contribution in [1.82, 2.24) is 9.99 Å². The van der Waals surface area contributed by atoms with E-state index in [0.29, 0.717) is 0 Å². The molecule has 4 N–H and O–H groups in total. The van der Waals surface area contributed by atoms with Crippen LogP contribution < -0.4 is 11.2 Å². The number of rotatable bonds is 5. The molecule has 0 radical (unpaired) electrons. The lowest BCUT2D eigenvalue weighted by molar-refractivity contribution is 0.968. The lowest BCUT2D eigenvalue weighted by Crippen LogP contribution is -2.25. The third kappa shape index (κ3) is 4.71. The number of halogens is 2. The summed E-state index contributed by atoms with van der Waals surface area (Å²) in [6.07, 6.45) is 5.45. The Kier molecular flexibility index (Phi) is 5.58. The van der Waals surface area contributed by atoms with Crippen molar-refractivity contribution < 1.29 is 0 Å². The number of nitrogens with zero attached hydrogens (tertiary/aromatic N) is 2. The van der Waals surface area contributed by atoms with Gasteiger partial charge in [-0.15, -0.1) is 0 Å². The summed E-state index contributed by atoms with van der Waals surface area (Å²) in [7, 11) is 0. The highest BCUT2D eigenvalue weighted by atomic mass is 79.9. The van der Waals surface area contributed by atoms with Crippen molar-refractivity contribution in [3.63, 3.8) is 0 Å². The molecule has 0 spiro atoms. The van der Waals surface area contributed by atoms with Gasteiger partial charge >= 0.3 is 0 Å². The van der Waals surface area contributed by atoms with Crippen LogP contribution >= 0.6 is 31.9 Å². The average molecular weight is 413 g/mol. The Morgan fingerprint density at radius 3 is 2.71 bits per heavy atom. The van der Waals surface area contributed by atoms with Crippen LogP contribution in [0.2, 0.25) is 0 Å². The molecule has 0 bridgehead atoms. The van der Waals surface area contributed by atoms with Crippen LogP contribution in [0.3, 0.4) is 0 Å². The van der Waals surface area contributed by atoms with Gasteiger partial charge in [-0.2, -0.15) is 5.10 Å². The molecule has 0 unspecified atom stereocenters. The van der Waals surface area contributed by atoms with Gasteiger partial charge in [-0.3, -0.25) is 5.41 Å². The number of aryl methyl sites for hydroxylation is 1. The number of hydrazone groups is 1. The average Bonchev–Trinajstić information content (AvgIpc) is 2.80. The van der Waals surface area contributed by atoms with E-state index in [4.69, 9.17) is 11.1 Å². The third-order valence-electron chi connectivity index (χ3n) is 2.77. The van der Waals surface area contributed by atoms with Gasteiger partial charge in [0.25, 0.3) is 0 Å². The molecule has 1 aromatic heterocycles. The molecule has 0 saturated carbocycles. The second-order valence-electron chi connectivity index (χ2n) is 4.39. The van der Waals surface area contributed by atoms with Gasteiger partial charge in [-0.25, -0.2) is 5.43 Å². The van der Waals surface area contributed by atoms with Gasteiger partial charge < -0.3 is 10.3 Å². The molecule has 1 aromatic carbocycles. The van der Waals surface area contributed by atoms with Gasteiger partial charge in [-0.1, -0.05) is 15.9 Å². The Balaban J connectivity index is 2.00. The van der Waals surface area contributed by atoms with E-state index in [1.807, 2.05) is 12.1 Å². The molecule has 0 aliphatic rings. The van der Waals surface area contributed by atoms with Crippen molar-refractivity contribution in [3.8, 4) is 5.69 Å². The van der Waals surface area contributed by atoms with E-state index in [2.05, 4.69) is 71.4 Å². The highest BCUT2D eigenvalue weighted by molar-refractivity contribution is 9.10. The number of hydrogen-bond acceptors (Lipinski definition) is 2. The number of guanidine groups is 1. The van der Waals surface area contributed by atoms with E-state index in [-0.39, 0.29) is 5.96 Å². The fourth-order valence-electron chi connectivity index (χ4n) is 1.83. The molecule has 0 aliphatic carbocycles. The van der Waals surface area contributed by atoms with Crippen molar-refractivity contribution in [1.29, 1.82) is 5.41 Å². The fraction of sp³-hybridized carbons (Fsp3) is 0.143. The Hall–Kier alpha value is -1.60. The second kappa shape index (κ2) is 7.42. The topological polar surface area (TPSA) is 79.2 Å². The first-order chi connectivity index (χ1) is 10.1. The van der Waals surface area contributed by atoms with Crippen LogP contribution in [0.5, 0.6) is 0 Å². The van der Waals surface area contributed by atoms with E-state index in [9.17, 15) is 0 Å². The zero-order valence-electron chi connectivity index (χ0n) is 11.2. The van der Waals surface area contributed by atoms with Gasteiger partial charge in [0.05, 0.1) is 4.60 Å². The molecule has 0 fully saturated rings. The van der Waals surface area contributed by atoms with Crippen molar-refractivity contribution in [2.24, 2.45) is 10.8 Å². The SMILES string of the molecule is N=C(N)N/N=C/CCc1cc(Br)n(-c2ccc(Br)cc2)c1. The maximum Gasteiger partial charge on any atom is 0.206 e. The number of hydrogen-bond donors (Lipinski definition) is 3. The molecular weight excluding hydrogens is 398 g/mol. The lowest BCUT2D eigenvalue weighted by Gasteiger charge is -2.04. The Bertz CT molecular complexity index is 646. The van der Waals surface area contributed by atoms with Crippen LogP contribution in [0, 0.1) is 5.41 Å². The van der Waals surface area contributed by atoms with Gasteiger partial charge in [0.15, 0.2) is 0 Å². The predicted octanol–water partition coefficient (Wildman–Crippen LogP) is 3.40. The maximum atomic E-state index is 6.98. The molecule has 0 atom stereocenters. The summed E-state index contributed by atoms with van der Waals surface area (Å²) in [5.74, 6) is -0.157. The molecular formula is C14H15Br2N5. The number of nitrogens with one attached hydrogen (secondary N) is 2. The highest BCUT2D eigenvalue weighted by Gasteiger charge is 2.05. The molecule has 0 aliphatic heterocycles. The summed E-state index contributed by atoms with van der Waals surface area (Å²) in [5.41, 5.74) is 9.83. The van der Waals surface area contributed by atoms with Crippen molar-refractivity contribution in [2.45, 2.75) is 12.8 Å². The van der Waals surface area contributed by atoms with E-state index in [1.165, 1.54) is 5.56 Å². The Morgan fingerprint density at radius 1 is 1.33 bits per heavy atom. The number of benzene rings is 1. The van der Waals surface area contributed by atoms with Gasteiger partial charge in [0, 0.05) is 22.6 Å². The van der Waals surface area contributed by atoms with Gasteiger partial charge in [-0.05, 0) is 64.7 Å². The maximum absolute atomic E-state index is 6.98. The van der Waals surface area contributed by atoms with E-state index < -0.39 is 0 Å². The largest absolute Gasteiger partial charge is 0.369 e. The molecule has 2 aromatic rings. The monoisotopic (exact) mass is 411 g/mol. The quantitative estimate of drug-likeness (QED) is 0.399. The molecule has 0 amide bonds. The normalized spacial score (nSPS) is 11.0. The molecule has 2 rings (SSSR count). The second-order valence-corrected chi connectivity index (χ2v) is 6.12. The minimum Gasteiger partial charge on any atom is -0.369 e. The summed E-state index contributed by atoms with van der Waals surface area (Å²) in [4.78, 5) is 0. The minimum atomic E-state index is -0.157. The first kappa shape index (κ1) is 15.8. The van der Waals surface area contributed by atoms with Crippen molar-refractivity contribution in [3.05, 3.63) is 51.2 Å². The van der Waals surface area contributed by atoms with Crippen LogP contribution in [0.4, 0.5) is 0 Å². The Labute approximate surface area is 140 Å². The molecule has 110 valence electrons. The zero-order chi connectivity index (χ0) is 15.2. The molecule has 21 heavy (non-hydrogen) atoms. The van der Waals surface area contributed by atoms with E-state index >= 15 is 0 Å². The van der Waals surface area contributed by atoms with Gasteiger partial charge in [0.2, 0.25) is 5.96 Å². The summed E-state index contributed by atoms with van der Waals surface area (Å²) in [6, 6.07) is 10.2. The predicted molar refractivity (Wildman–Crippen MR) is 93.0 cm³/mol. The van der Waals surface area contributed by atoms with Crippen molar-refractivity contribution >= 4 is 44.0 Å². The Morgan fingerprint density at radius 2 is 2.05 bits per heavy atom. The van der Waals surface area contributed by atoms with Crippen LogP contribution in [0.15, 0.2) is 50.7 Å². The van der Waals surface area contributed by atoms with Crippen molar-refractivity contribution in [2.75, 3.05) is 0 Å². The number of nitrogens with two attached hydrogens (primary N) is 1. The lowest BCUT2D eigenvalue weighted by atomic mass is 10.2. The molecule has 5 nitrogen and oxygen atoms in total. The standard InChI is InChI=1S/C14H15Br2N5/c15-11-3-5-12(6-4-11)21-9-10(8-13(21)16)2-1-7-19-20-14(17)18/h3-9H,1-2H2,(H4,17,18,20)/b19-7+. The van der Waals surface area contributed by atoms with E-state index in [1.54, 1.807) is 6.21 Å². The van der Waals surface area contributed by atoms with Crippen LogP contribution in [-0.2, 0) is 6.42 Å². The fourth-order valence-corrected chi connectivity index (χ4v) is 2.70. The summed E-state index contributed by atoms with van der Waals surface area (Å²) >= 11 is 7.01. The number of aromatic nitrogens is 1.